The number of hydrogen-bond donors (Lipinski definition) is 0. The van der Waals surface area contributed by atoms with E-state index in [9.17, 15) is 13.2 Å². The fourth-order valence-corrected chi connectivity index (χ4v) is 5.92. The number of amides is 1. The average Bonchev–Trinajstić information content (AvgIpc) is 3.29. The first-order chi connectivity index (χ1) is 14.7. The van der Waals surface area contributed by atoms with Crippen molar-refractivity contribution in [2.45, 2.75) is 52.1 Å². The van der Waals surface area contributed by atoms with Crippen molar-refractivity contribution in [1.82, 2.24) is 4.90 Å². The van der Waals surface area contributed by atoms with Gasteiger partial charge in [0.05, 0.1) is 24.2 Å². The molecule has 164 valence electrons. The van der Waals surface area contributed by atoms with Crippen LogP contribution >= 0.6 is 0 Å². The summed E-state index contributed by atoms with van der Waals surface area (Å²) in [5.41, 5.74) is 4.96. The van der Waals surface area contributed by atoms with E-state index in [0.29, 0.717) is 18.9 Å². The third kappa shape index (κ3) is 4.85. The van der Waals surface area contributed by atoms with E-state index in [1.807, 2.05) is 37.3 Å². The van der Waals surface area contributed by atoms with Crippen LogP contribution in [0.4, 0.5) is 0 Å². The zero-order valence-electron chi connectivity index (χ0n) is 18.3. The second kappa shape index (κ2) is 8.50. The average molecular weight is 440 g/mol. The summed E-state index contributed by atoms with van der Waals surface area (Å²) in [6.07, 6.45) is 2.34. The fraction of sp³-hybridized carbons (Fsp3) is 0.400. The van der Waals surface area contributed by atoms with Gasteiger partial charge in [-0.05, 0) is 42.5 Å². The molecular formula is C25H29NO4S. The van der Waals surface area contributed by atoms with E-state index < -0.39 is 9.84 Å². The molecule has 1 atom stereocenters. The summed E-state index contributed by atoms with van der Waals surface area (Å²) < 4.78 is 29.9. The van der Waals surface area contributed by atoms with Crippen molar-refractivity contribution in [3.63, 3.8) is 0 Å². The molecule has 1 fully saturated rings. The number of nitrogens with zero attached hydrogens (tertiary/aromatic N) is 1. The molecule has 6 heteroatoms. The first-order valence-corrected chi connectivity index (χ1v) is 12.6. The number of hydrogen-bond acceptors (Lipinski definition) is 4. The summed E-state index contributed by atoms with van der Waals surface area (Å²) in [5, 5.41) is 0.953. The molecule has 1 aliphatic heterocycles. The summed E-state index contributed by atoms with van der Waals surface area (Å²) in [7, 11) is -3.10. The second-order valence-electron chi connectivity index (χ2n) is 8.91. The van der Waals surface area contributed by atoms with Gasteiger partial charge in [0, 0.05) is 23.5 Å². The van der Waals surface area contributed by atoms with Gasteiger partial charge in [0.15, 0.2) is 9.84 Å². The van der Waals surface area contributed by atoms with Crippen LogP contribution < -0.4 is 0 Å². The highest BCUT2D eigenvalue weighted by molar-refractivity contribution is 7.91. The Labute approximate surface area is 184 Å². The number of fused-ring (bicyclic) bond motifs is 1. The van der Waals surface area contributed by atoms with Crippen LogP contribution in [0.3, 0.4) is 0 Å². The van der Waals surface area contributed by atoms with Gasteiger partial charge >= 0.3 is 0 Å². The van der Waals surface area contributed by atoms with Crippen LogP contribution in [0.15, 0.2) is 53.1 Å². The minimum Gasteiger partial charge on any atom is -0.464 e. The summed E-state index contributed by atoms with van der Waals surface area (Å²) in [6.45, 7) is 6.70. The van der Waals surface area contributed by atoms with Crippen LogP contribution in [0.5, 0.6) is 0 Å². The van der Waals surface area contributed by atoms with E-state index in [1.165, 1.54) is 5.56 Å². The molecule has 1 amide bonds. The number of carbonyl (C=O) groups excluding carboxylic acids is 1. The van der Waals surface area contributed by atoms with Crippen LogP contribution in [0.2, 0.25) is 0 Å². The van der Waals surface area contributed by atoms with Crippen LogP contribution in [0, 0.1) is 6.92 Å². The maximum absolute atomic E-state index is 13.4. The van der Waals surface area contributed by atoms with Crippen molar-refractivity contribution in [2.24, 2.45) is 0 Å². The molecule has 0 aliphatic carbocycles. The van der Waals surface area contributed by atoms with E-state index in [0.717, 1.165) is 27.7 Å². The molecule has 2 aromatic carbocycles. The number of carbonyl (C=O) groups is 1. The van der Waals surface area contributed by atoms with Crippen LogP contribution in [-0.2, 0) is 27.6 Å². The number of sulfone groups is 1. The maximum Gasteiger partial charge on any atom is 0.227 e. The van der Waals surface area contributed by atoms with Gasteiger partial charge in [-0.3, -0.25) is 4.79 Å². The predicted octanol–water partition coefficient (Wildman–Crippen LogP) is 4.62. The first kappa shape index (κ1) is 21.6. The van der Waals surface area contributed by atoms with Crippen molar-refractivity contribution in [3.8, 4) is 0 Å². The molecule has 1 aliphatic rings. The molecule has 0 N–H and O–H groups in total. The van der Waals surface area contributed by atoms with Gasteiger partial charge in [-0.2, -0.15) is 0 Å². The van der Waals surface area contributed by atoms with Gasteiger partial charge in [0.25, 0.3) is 0 Å². The van der Waals surface area contributed by atoms with Crippen molar-refractivity contribution in [2.75, 3.05) is 11.5 Å². The van der Waals surface area contributed by atoms with Gasteiger partial charge in [0.1, 0.15) is 5.58 Å². The molecule has 0 spiro atoms. The summed E-state index contributed by atoms with van der Waals surface area (Å²) in [4.78, 5) is 15.2. The predicted molar refractivity (Wildman–Crippen MR) is 123 cm³/mol. The molecule has 4 rings (SSSR count). The molecule has 0 saturated carbocycles. The molecule has 1 aromatic heterocycles. The number of rotatable bonds is 6. The van der Waals surface area contributed by atoms with Crippen molar-refractivity contribution < 1.29 is 17.6 Å². The molecule has 5 nitrogen and oxygen atoms in total. The lowest BCUT2D eigenvalue weighted by molar-refractivity contribution is -0.133. The molecule has 0 unspecified atom stereocenters. The van der Waals surface area contributed by atoms with E-state index in [2.05, 4.69) is 26.0 Å². The van der Waals surface area contributed by atoms with Crippen LogP contribution in [-0.4, -0.2) is 36.8 Å². The minimum absolute atomic E-state index is 0.0359. The van der Waals surface area contributed by atoms with E-state index >= 15 is 0 Å². The highest BCUT2D eigenvalue weighted by atomic mass is 32.2. The van der Waals surface area contributed by atoms with Crippen molar-refractivity contribution in [1.29, 1.82) is 0 Å². The third-order valence-electron chi connectivity index (χ3n) is 6.13. The van der Waals surface area contributed by atoms with Gasteiger partial charge in [-0.15, -0.1) is 0 Å². The molecule has 3 aromatic rings. The highest BCUT2D eigenvalue weighted by Crippen LogP contribution is 2.28. The van der Waals surface area contributed by atoms with Gasteiger partial charge in [-0.25, -0.2) is 8.42 Å². The van der Waals surface area contributed by atoms with Crippen molar-refractivity contribution in [3.05, 3.63) is 71.0 Å². The lowest BCUT2D eigenvalue weighted by Gasteiger charge is -2.28. The Morgan fingerprint density at radius 1 is 1.16 bits per heavy atom. The Hall–Kier alpha value is -2.60. The third-order valence-corrected chi connectivity index (χ3v) is 7.88. The van der Waals surface area contributed by atoms with E-state index in [4.69, 9.17) is 4.42 Å². The van der Waals surface area contributed by atoms with Crippen molar-refractivity contribution >= 4 is 26.7 Å². The fourth-order valence-electron chi connectivity index (χ4n) is 4.19. The van der Waals surface area contributed by atoms with E-state index in [-0.39, 0.29) is 29.9 Å². The molecule has 2 heterocycles. The van der Waals surface area contributed by atoms with Gasteiger partial charge < -0.3 is 9.32 Å². The Kier molecular flexibility index (Phi) is 5.93. The smallest absolute Gasteiger partial charge is 0.227 e. The molecule has 0 bridgehead atoms. The maximum atomic E-state index is 13.4. The Morgan fingerprint density at radius 3 is 2.55 bits per heavy atom. The normalized spacial score (nSPS) is 18.0. The van der Waals surface area contributed by atoms with Gasteiger partial charge in [-0.1, -0.05) is 49.7 Å². The van der Waals surface area contributed by atoms with E-state index in [1.54, 1.807) is 11.2 Å². The quantitative estimate of drug-likeness (QED) is 0.562. The van der Waals surface area contributed by atoms with Crippen LogP contribution in [0.1, 0.15) is 48.4 Å². The molecule has 31 heavy (non-hydrogen) atoms. The number of furan rings is 1. The monoisotopic (exact) mass is 439 g/mol. The standard InChI is InChI=1S/C25H29NO4S/c1-17(2)20-8-9-24-23(12-20)21(15-30-24)13-25(27)26(22-10-11-31(28,29)16-22)14-19-6-4-18(3)5-7-19/h4-9,12,15,17,22H,10-11,13-14,16H2,1-3H3/t22-/m0/s1. The molecular weight excluding hydrogens is 410 g/mol. The first-order valence-electron chi connectivity index (χ1n) is 10.8. The Bertz CT molecular complexity index is 1190. The largest absolute Gasteiger partial charge is 0.464 e. The Morgan fingerprint density at radius 2 is 1.90 bits per heavy atom. The zero-order valence-corrected chi connectivity index (χ0v) is 19.1. The number of aryl methyl sites for hydroxylation is 1. The lowest BCUT2D eigenvalue weighted by atomic mass is 9.99. The SMILES string of the molecule is Cc1ccc(CN(C(=O)Cc2coc3ccc(C(C)C)cc23)[C@H]2CCS(=O)(=O)C2)cc1. The molecule has 1 saturated heterocycles. The number of benzene rings is 2. The topological polar surface area (TPSA) is 67.6 Å². The summed E-state index contributed by atoms with van der Waals surface area (Å²) in [5.74, 6) is 0.487. The molecule has 0 radical (unpaired) electrons. The van der Waals surface area contributed by atoms with Crippen LogP contribution in [0.25, 0.3) is 11.0 Å². The summed E-state index contributed by atoms with van der Waals surface area (Å²) in [6, 6.07) is 13.8. The lowest BCUT2D eigenvalue weighted by Crippen LogP contribution is -2.41. The summed E-state index contributed by atoms with van der Waals surface area (Å²) >= 11 is 0. The Balaban J connectivity index is 1.62. The zero-order chi connectivity index (χ0) is 22.2. The van der Waals surface area contributed by atoms with Gasteiger partial charge in [0.2, 0.25) is 5.91 Å². The highest BCUT2D eigenvalue weighted by Gasteiger charge is 2.34. The second-order valence-corrected chi connectivity index (χ2v) is 11.1. The minimum atomic E-state index is -3.10.